The van der Waals surface area contributed by atoms with E-state index in [-0.39, 0.29) is 5.91 Å². The summed E-state index contributed by atoms with van der Waals surface area (Å²) < 4.78 is 5.69. The zero-order valence-electron chi connectivity index (χ0n) is 21.5. The smallest absolute Gasteiger partial charge is 0.220 e. The van der Waals surface area contributed by atoms with Crippen LogP contribution in [0.3, 0.4) is 0 Å². The zero-order valence-corrected chi connectivity index (χ0v) is 21.5. The summed E-state index contributed by atoms with van der Waals surface area (Å²) in [6, 6.07) is 0. The molecule has 0 bridgehead atoms. The zero-order chi connectivity index (χ0) is 22.8. The topological polar surface area (TPSA) is 41.6 Å². The van der Waals surface area contributed by atoms with Crippen molar-refractivity contribution in [2.45, 2.75) is 129 Å². The van der Waals surface area contributed by atoms with Gasteiger partial charge >= 0.3 is 0 Å². The molecule has 31 heavy (non-hydrogen) atoms. The van der Waals surface area contributed by atoms with Crippen LogP contribution in [0.5, 0.6) is 0 Å². The summed E-state index contributed by atoms with van der Waals surface area (Å²) >= 11 is 0. The first-order valence-corrected chi connectivity index (χ1v) is 13.7. The Labute approximate surface area is 195 Å². The van der Waals surface area contributed by atoms with Crippen molar-refractivity contribution >= 4 is 5.91 Å². The Morgan fingerprint density at radius 3 is 1.58 bits per heavy atom. The molecule has 0 aliphatic carbocycles. The van der Waals surface area contributed by atoms with Crippen molar-refractivity contribution in [1.29, 1.82) is 0 Å². The monoisotopic (exact) mass is 440 g/mol. The molecule has 0 atom stereocenters. The van der Waals surface area contributed by atoms with Crippen molar-refractivity contribution in [1.82, 2.24) is 10.2 Å². The molecule has 0 aliphatic heterocycles. The van der Waals surface area contributed by atoms with E-state index >= 15 is 0 Å². The molecule has 186 valence electrons. The predicted molar refractivity (Wildman–Crippen MR) is 136 cm³/mol. The summed E-state index contributed by atoms with van der Waals surface area (Å²) in [6.45, 7) is 5.62. The number of unbranched alkanes of at least 4 members (excludes halogenated alkanes) is 15. The maximum Gasteiger partial charge on any atom is 0.220 e. The summed E-state index contributed by atoms with van der Waals surface area (Å²) in [5.74, 6) is 0.166. The molecular formula is C27H56N2O2. The number of nitrogens with zero attached hydrogens (tertiary/aromatic N) is 1. The Balaban J connectivity index is 3.08. The highest BCUT2D eigenvalue weighted by molar-refractivity contribution is 5.75. The van der Waals surface area contributed by atoms with Crippen LogP contribution in [0.25, 0.3) is 0 Å². The fourth-order valence-corrected chi connectivity index (χ4v) is 3.90. The standard InChI is InChI=1S/C27H56N2O2/c1-4-5-6-7-8-9-10-11-12-13-14-15-16-17-18-19-25-31-26-21-23-28-27(30)22-20-24-29(2)3/h4-26H2,1-3H3,(H,28,30). The van der Waals surface area contributed by atoms with Crippen LogP contribution >= 0.6 is 0 Å². The Hall–Kier alpha value is -0.610. The SMILES string of the molecule is CCCCCCCCCCCCCCCCCCOCCCNC(=O)CCCN(C)C. The number of rotatable bonds is 25. The molecule has 4 heteroatoms. The van der Waals surface area contributed by atoms with Gasteiger partial charge in [-0.25, -0.2) is 0 Å². The maximum absolute atomic E-state index is 11.7. The van der Waals surface area contributed by atoms with Crippen molar-refractivity contribution in [3.8, 4) is 0 Å². The van der Waals surface area contributed by atoms with Crippen LogP contribution in [-0.2, 0) is 9.53 Å². The van der Waals surface area contributed by atoms with Crippen molar-refractivity contribution in [3.63, 3.8) is 0 Å². The van der Waals surface area contributed by atoms with E-state index in [0.717, 1.165) is 39.1 Å². The molecule has 0 radical (unpaired) electrons. The Bertz CT molecular complexity index is 361. The third kappa shape index (κ3) is 27.4. The van der Waals surface area contributed by atoms with Crippen LogP contribution in [0.15, 0.2) is 0 Å². The molecule has 0 aromatic carbocycles. The average Bonchev–Trinajstić information content (AvgIpc) is 2.74. The molecule has 1 amide bonds. The van der Waals surface area contributed by atoms with Crippen LogP contribution < -0.4 is 5.32 Å². The molecule has 0 saturated heterocycles. The first kappa shape index (κ1) is 30.4. The van der Waals surface area contributed by atoms with E-state index in [0.29, 0.717) is 6.42 Å². The minimum absolute atomic E-state index is 0.166. The molecule has 0 saturated carbocycles. The number of amides is 1. The minimum atomic E-state index is 0.166. The molecule has 0 rings (SSSR count). The van der Waals surface area contributed by atoms with Crippen molar-refractivity contribution < 1.29 is 9.53 Å². The van der Waals surface area contributed by atoms with Gasteiger partial charge in [-0.1, -0.05) is 103 Å². The highest BCUT2D eigenvalue weighted by Gasteiger charge is 2.01. The lowest BCUT2D eigenvalue weighted by molar-refractivity contribution is -0.121. The van der Waals surface area contributed by atoms with Crippen LogP contribution in [0.2, 0.25) is 0 Å². The second-order valence-electron chi connectivity index (χ2n) is 9.53. The van der Waals surface area contributed by atoms with Gasteiger partial charge in [-0.2, -0.15) is 0 Å². The second-order valence-corrected chi connectivity index (χ2v) is 9.53. The third-order valence-electron chi connectivity index (χ3n) is 5.94. The maximum atomic E-state index is 11.7. The van der Waals surface area contributed by atoms with Gasteiger partial charge in [0.2, 0.25) is 5.91 Å². The number of hydrogen-bond acceptors (Lipinski definition) is 3. The van der Waals surface area contributed by atoms with Gasteiger partial charge in [-0.05, 0) is 39.9 Å². The largest absolute Gasteiger partial charge is 0.381 e. The van der Waals surface area contributed by atoms with Gasteiger partial charge in [0, 0.05) is 26.2 Å². The Morgan fingerprint density at radius 2 is 1.10 bits per heavy atom. The number of ether oxygens (including phenoxy) is 1. The molecule has 0 aromatic heterocycles. The van der Waals surface area contributed by atoms with Gasteiger partial charge in [-0.3, -0.25) is 4.79 Å². The first-order chi connectivity index (χ1) is 15.2. The van der Waals surface area contributed by atoms with Crippen LogP contribution in [-0.4, -0.2) is 51.2 Å². The fraction of sp³-hybridized carbons (Fsp3) is 0.963. The van der Waals surface area contributed by atoms with Crippen molar-refractivity contribution in [2.75, 3.05) is 40.4 Å². The van der Waals surface area contributed by atoms with Crippen molar-refractivity contribution in [3.05, 3.63) is 0 Å². The van der Waals surface area contributed by atoms with Gasteiger partial charge in [-0.15, -0.1) is 0 Å². The van der Waals surface area contributed by atoms with Gasteiger partial charge in [0.05, 0.1) is 0 Å². The van der Waals surface area contributed by atoms with Gasteiger partial charge in [0.1, 0.15) is 0 Å². The number of carbonyl (C=O) groups is 1. The van der Waals surface area contributed by atoms with Gasteiger partial charge in [0.25, 0.3) is 0 Å². The molecule has 0 heterocycles. The molecule has 0 spiro atoms. The fourth-order valence-electron chi connectivity index (χ4n) is 3.90. The van der Waals surface area contributed by atoms with Crippen LogP contribution in [0.1, 0.15) is 129 Å². The lowest BCUT2D eigenvalue weighted by Crippen LogP contribution is -2.26. The number of nitrogens with one attached hydrogen (secondary N) is 1. The average molecular weight is 441 g/mol. The van der Waals surface area contributed by atoms with E-state index in [9.17, 15) is 4.79 Å². The first-order valence-electron chi connectivity index (χ1n) is 13.7. The predicted octanol–water partition coefficient (Wildman–Crippen LogP) is 7.11. The van der Waals surface area contributed by atoms with E-state index in [1.807, 2.05) is 14.1 Å². The normalized spacial score (nSPS) is 11.4. The Kier molecular flexibility index (Phi) is 25.1. The van der Waals surface area contributed by atoms with E-state index in [1.165, 1.54) is 103 Å². The minimum Gasteiger partial charge on any atom is -0.381 e. The summed E-state index contributed by atoms with van der Waals surface area (Å²) in [4.78, 5) is 13.8. The number of hydrogen-bond donors (Lipinski definition) is 1. The lowest BCUT2D eigenvalue weighted by atomic mass is 10.0. The molecule has 0 fully saturated rings. The van der Waals surface area contributed by atoms with Gasteiger partial charge in [0.15, 0.2) is 0 Å². The molecule has 1 N–H and O–H groups in total. The van der Waals surface area contributed by atoms with Crippen LogP contribution in [0.4, 0.5) is 0 Å². The Morgan fingerprint density at radius 1 is 0.645 bits per heavy atom. The highest BCUT2D eigenvalue weighted by Crippen LogP contribution is 2.13. The lowest BCUT2D eigenvalue weighted by Gasteiger charge is -2.09. The number of carbonyl (C=O) groups excluding carboxylic acids is 1. The van der Waals surface area contributed by atoms with E-state index in [1.54, 1.807) is 0 Å². The van der Waals surface area contributed by atoms with Gasteiger partial charge < -0.3 is 15.0 Å². The quantitative estimate of drug-likeness (QED) is 0.154. The molecular weight excluding hydrogens is 384 g/mol. The van der Waals surface area contributed by atoms with E-state index in [4.69, 9.17) is 4.74 Å². The molecule has 0 aromatic rings. The summed E-state index contributed by atoms with van der Waals surface area (Å²) in [5, 5.41) is 2.98. The van der Waals surface area contributed by atoms with E-state index in [2.05, 4.69) is 17.1 Å². The molecule has 0 aliphatic rings. The second kappa shape index (κ2) is 25.6. The summed E-state index contributed by atoms with van der Waals surface area (Å²) in [7, 11) is 4.07. The van der Waals surface area contributed by atoms with Crippen LogP contribution in [0, 0.1) is 0 Å². The van der Waals surface area contributed by atoms with E-state index < -0.39 is 0 Å². The molecule has 0 unspecified atom stereocenters. The summed E-state index contributed by atoms with van der Waals surface area (Å²) in [6.07, 6.45) is 24.9. The van der Waals surface area contributed by atoms with Crippen molar-refractivity contribution in [2.24, 2.45) is 0 Å². The third-order valence-corrected chi connectivity index (χ3v) is 5.94. The molecule has 4 nitrogen and oxygen atoms in total. The highest BCUT2D eigenvalue weighted by atomic mass is 16.5. The summed E-state index contributed by atoms with van der Waals surface area (Å²) in [5.41, 5.74) is 0.